The molecule has 4 aromatic rings. The minimum atomic E-state index is 1.05. The highest BCUT2D eigenvalue weighted by Crippen LogP contribution is 2.34. The smallest absolute Gasteiger partial charge is 0.0818 e. The van der Waals surface area contributed by atoms with Crippen molar-refractivity contribution in [1.82, 2.24) is 9.97 Å². The van der Waals surface area contributed by atoms with Gasteiger partial charge in [0, 0.05) is 28.9 Å². The number of benzene rings is 2. The zero-order valence-corrected chi connectivity index (χ0v) is 10.9. The van der Waals surface area contributed by atoms with Gasteiger partial charge in [-0.3, -0.25) is 4.98 Å². The molecule has 0 saturated heterocycles. The summed E-state index contributed by atoms with van der Waals surface area (Å²) in [6, 6.07) is 14.6. The van der Waals surface area contributed by atoms with E-state index in [0.717, 1.165) is 5.52 Å². The van der Waals surface area contributed by atoms with Gasteiger partial charge in [-0.1, -0.05) is 36.4 Å². The van der Waals surface area contributed by atoms with Crippen LogP contribution in [0.4, 0.5) is 0 Å². The van der Waals surface area contributed by atoms with Gasteiger partial charge in [-0.2, -0.15) is 0 Å². The second-order valence-electron chi connectivity index (χ2n) is 4.41. The van der Waals surface area contributed by atoms with Gasteiger partial charge in [0.25, 0.3) is 0 Å². The zero-order chi connectivity index (χ0) is 12.7. The first-order chi connectivity index (χ1) is 9.43. The molecule has 0 unspecified atom stereocenters. The van der Waals surface area contributed by atoms with Crippen LogP contribution in [0.2, 0.25) is 0 Å². The van der Waals surface area contributed by atoms with Gasteiger partial charge in [-0.15, -0.1) is 11.3 Å². The molecule has 2 aromatic carbocycles. The summed E-state index contributed by atoms with van der Waals surface area (Å²) < 4.78 is 1.22. The molecule has 3 heteroatoms. The molecule has 0 saturated carbocycles. The van der Waals surface area contributed by atoms with Crippen molar-refractivity contribution in [3.63, 3.8) is 0 Å². The molecule has 2 heterocycles. The highest BCUT2D eigenvalue weighted by molar-refractivity contribution is 7.17. The Morgan fingerprint density at radius 1 is 0.842 bits per heavy atom. The molecule has 2 nitrogen and oxygen atoms in total. The van der Waals surface area contributed by atoms with E-state index in [2.05, 4.69) is 40.3 Å². The van der Waals surface area contributed by atoms with Crippen molar-refractivity contribution in [2.45, 2.75) is 0 Å². The third-order valence-electron chi connectivity index (χ3n) is 3.31. The lowest BCUT2D eigenvalue weighted by Crippen LogP contribution is -1.84. The van der Waals surface area contributed by atoms with E-state index in [4.69, 9.17) is 0 Å². The first-order valence-corrected chi connectivity index (χ1v) is 6.97. The van der Waals surface area contributed by atoms with E-state index in [-0.39, 0.29) is 0 Å². The van der Waals surface area contributed by atoms with Crippen molar-refractivity contribution in [2.24, 2.45) is 0 Å². The lowest BCUT2D eigenvalue weighted by Gasteiger charge is -2.06. The molecule has 4 rings (SSSR count). The maximum atomic E-state index is 4.38. The Labute approximate surface area is 114 Å². The fourth-order valence-electron chi connectivity index (χ4n) is 2.43. The Kier molecular flexibility index (Phi) is 2.32. The molecule has 0 fully saturated rings. The van der Waals surface area contributed by atoms with E-state index >= 15 is 0 Å². The Morgan fingerprint density at radius 3 is 2.79 bits per heavy atom. The quantitative estimate of drug-likeness (QED) is 0.504. The van der Waals surface area contributed by atoms with E-state index in [1.54, 1.807) is 11.3 Å². The number of thiazole rings is 1. The molecule has 0 atom stereocenters. The summed E-state index contributed by atoms with van der Waals surface area (Å²) in [7, 11) is 0. The van der Waals surface area contributed by atoms with Gasteiger partial charge in [0.15, 0.2) is 0 Å². The molecular weight excluding hydrogens is 252 g/mol. The summed E-state index contributed by atoms with van der Waals surface area (Å²) in [5, 5.41) is 2.40. The van der Waals surface area contributed by atoms with Crippen molar-refractivity contribution in [3.05, 3.63) is 60.4 Å². The predicted octanol–water partition coefficient (Wildman–Crippen LogP) is 4.51. The number of aromatic nitrogens is 2. The molecule has 2 aromatic heterocycles. The number of hydrogen-bond donors (Lipinski definition) is 0. The molecular formula is C16H10N2S. The van der Waals surface area contributed by atoms with Gasteiger partial charge in [-0.25, -0.2) is 4.98 Å². The lowest BCUT2D eigenvalue weighted by atomic mass is 10.0. The Bertz CT molecular complexity index is 875. The van der Waals surface area contributed by atoms with E-state index in [1.807, 2.05) is 30.0 Å². The molecule has 90 valence electrons. The number of fused-ring (bicyclic) bond motifs is 2. The van der Waals surface area contributed by atoms with Crippen molar-refractivity contribution in [3.8, 4) is 11.1 Å². The van der Waals surface area contributed by atoms with Crippen LogP contribution in [0.1, 0.15) is 0 Å². The SMILES string of the molecule is c1ccc2c(-c3cccc4ncsc34)cncc2c1. The number of nitrogens with zero attached hydrogens (tertiary/aromatic N) is 2. The monoisotopic (exact) mass is 262 g/mol. The van der Waals surface area contributed by atoms with Crippen LogP contribution >= 0.6 is 11.3 Å². The molecule has 0 radical (unpaired) electrons. The summed E-state index contributed by atoms with van der Waals surface area (Å²) in [6.07, 6.45) is 3.85. The van der Waals surface area contributed by atoms with Crippen LogP contribution in [0.3, 0.4) is 0 Å². The van der Waals surface area contributed by atoms with Crippen LogP contribution in [-0.4, -0.2) is 9.97 Å². The summed E-state index contributed by atoms with van der Waals surface area (Å²) in [4.78, 5) is 8.75. The standard InChI is InChI=1S/C16H10N2S/c1-2-5-12-11(4-1)8-17-9-14(12)13-6-3-7-15-16(13)19-10-18-15/h1-10H. The third-order valence-corrected chi connectivity index (χ3v) is 4.19. The fraction of sp³-hybridized carbons (Fsp3) is 0. The van der Waals surface area contributed by atoms with Gasteiger partial charge in [0.05, 0.1) is 15.7 Å². The van der Waals surface area contributed by atoms with Crippen molar-refractivity contribution >= 4 is 32.3 Å². The third kappa shape index (κ3) is 1.63. The maximum absolute atomic E-state index is 4.38. The minimum Gasteiger partial charge on any atom is -0.263 e. The molecule has 0 N–H and O–H groups in total. The van der Waals surface area contributed by atoms with Crippen LogP contribution in [0.5, 0.6) is 0 Å². The van der Waals surface area contributed by atoms with Gasteiger partial charge in [0.1, 0.15) is 0 Å². The average Bonchev–Trinajstić information content (AvgIpc) is 2.95. The summed E-state index contributed by atoms with van der Waals surface area (Å²) >= 11 is 1.68. The number of hydrogen-bond acceptors (Lipinski definition) is 3. The van der Waals surface area contributed by atoms with Crippen LogP contribution in [-0.2, 0) is 0 Å². The topological polar surface area (TPSA) is 25.8 Å². The highest BCUT2D eigenvalue weighted by Gasteiger charge is 2.09. The summed E-state index contributed by atoms with van der Waals surface area (Å²) in [5.74, 6) is 0. The number of rotatable bonds is 1. The van der Waals surface area contributed by atoms with E-state index in [1.165, 1.54) is 26.6 Å². The van der Waals surface area contributed by atoms with Crippen LogP contribution in [0.25, 0.3) is 32.1 Å². The second-order valence-corrected chi connectivity index (χ2v) is 5.27. The molecule has 0 aliphatic heterocycles. The Balaban J connectivity index is 2.12. The van der Waals surface area contributed by atoms with Gasteiger partial charge >= 0.3 is 0 Å². The van der Waals surface area contributed by atoms with Crippen molar-refractivity contribution in [2.75, 3.05) is 0 Å². The van der Waals surface area contributed by atoms with E-state index in [9.17, 15) is 0 Å². The Morgan fingerprint density at radius 2 is 1.79 bits per heavy atom. The van der Waals surface area contributed by atoms with Gasteiger partial charge < -0.3 is 0 Å². The van der Waals surface area contributed by atoms with Crippen LogP contribution < -0.4 is 0 Å². The van der Waals surface area contributed by atoms with Crippen molar-refractivity contribution < 1.29 is 0 Å². The van der Waals surface area contributed by atoms with E-state index < -0.39 is 0 Å². The fourth-order valence-corrected chi connectivity index (χ4v) is 3.25. The number of pyridine rings is 1. The molecule has 0 aliphatic carbocycles. The van der Waals surface area contributed by atoms with Gasteiger partial charge in [0.2, 0.25) is 0 Å². The molecule has 0 bridgehead atoms. The van der Waals surface area contributed by atoms with Gasteiger partial charge in [-0.05, 0) is 11.5 Å². The molecule has 19 heavy (non-hydrogen) atoms. The normalized spacial score (nSPS) is 11.2. The average molecular weight is 262 g/mol. The summed E-state index contributed by atoms with van der Waals surface area (Å²) in [5.41, 5.74) is 5.33. The van der Waals surface area contributed by atoms with Crippen LogP contribution in [0.15, 0.2) is 60.4 Å². The second kappa shape index (κ2) is 4.14. The first-order valence-electron chi connectivity index (χ1n) is 6.09. The Hall–Kier alpha value is -2.26. The largest absolute Gasteiger partial charge is 0.263 e. The van der Waals surface area contributed by atoms with Crippen molar-refractivity contribution in [1.29, 1.82) is 0 Å². The lowest BCUT2D eigenvalue weighted by molar-refractivity contribution is 1.36. The maximum Gasteiger partial charge on any atom is 0.0818 e. The van der Waals surface area contributed by atoms with Crippen LogP contribution in [0, 0.1) is 0 Å². The minimum absolute atomic E-state index is 1.05. The molecule has 0 spiro atoms. The first kappa shape index (κ1) is 10.6. The van der Waals surface area contributed by atoms with E-state index in [0.29, 0.717) is 0 Å². The zero-order valence-electron chi connectivity index (χ0n) is 10.1. The molecule has 0 amide bonds. The highest BCUT2D eigenvalue weighted by atomic mass is 32.1. The molecule has 0 aliphatic rings. The predicted molar refractivity (Wildman–Crippen MR) is 80.4 cm³/mol. The summed E-state index contributed by atoms with van der Waals surface area (Å²) in [6.45, 7) is 0.